The third-order valence-corrected chi connectivity index (χ3v) is 5.34. The van der Waals surface area contributed by atoms with Gasteiger partial charge in [0, 0.05) is 37.6 Å². The number of rotatable bonds is 5. The SMILES string of the molecule is CO[C@H]1C[C@@H](CN2CCCC2)N(C(=O)Cn2c(C)cc(C)nc2=O)C1. The van der Waals surface area contributed by atoms with Crippen LogP contribution in [0.3, 0.4) is 0 Å². The van der Waals surface area contributed by atoms with E-state index in [0.29, 0.717) is 12.2 Å². The van der Waals surface area contributed by atoms with E-state index in [1.807, 2.05) is 17.9 Å². The highest BCUT2D eigenvalue weighted by Crippen LogP contribution is 2.23. The summed E-state index contributed by atoms with van der Waals surface area (Å²) >= 11 is 0. The standard InChI is InChI=1S/C18H28N4O3/c1-13-8-14(2)21(18(24)19-13)12-17(23)22-11-16(25-3)9-15(22)10-20-6-4-5-7-20/h8,15-16H,4-7,9-12H2,1-3H3/t15-,16-/m0/s1. The smallest absolute Gasteiger partial charge is 0.348 e. The van der Waals surface area contributed by atoms with E-state index in [1.54, 1.807) is 14.0 Å². The average molecular weight is 348 g/mol. The van der Waals surface area contributed by atoms with Crippen molar-refractivity contribution in [3.63, 3.8) is 0 Å². The third kappa shape index (κ3) is 4.10. The molecular formula is C18H28N4O3. The number of likely N-dealkylation sites (tertiary alicyclic amines) is 2. The molecule has 3 rings (SSSR count). The highest BCUT2D eigenvalue weighted by Gasteiger charge is 2.36. The van der Waals surface area contributed by atoms with Crippen molar-refractivity contribution in [1.29, 1.82) is 0 Å². The second-order valence-corrected chi connectivity index (χ2v) is 7.21. The molecule has 0 radical (unpaired) electrons. The molecule has 0 aromatic carbocycles. The molecule has 0 spiro atoms. The van der Waals surface area contributed by atoms with E-state index >= 15 is 0 Å². The highest BCUT2D eigenvalue weighted by atomic mass is 16.5. The largest absolute Gasteiger partial charge is 0.380 e. The zero-order valence-electron chi connectivity index (χ0n) is 15.4. The molecule has 1 aromatic heterocycles. The van der Waals surface area contributed by atoms with Gasteiger partial charge in [-0.15, -0.1) is 0 Å². The fourth-order valence-corrected chi connectivity index (χ4v) is 3.98. The summed E-state index contributed by atoms with van der Waals surface area (Å²) in [5, 5.41) is 0. The van der Waals surface area contributed by atoms with Crippen LogP contribution in [0.5, 0.6) is 0 Å². The number of methoxy groups -OCH3 is 1. The lowest BCUT2D eigenvalue weighted by atomic mass is 10.2. The average Bonchev–Trinajstić information content (AvgIpc) is 3.20. The number of hydrogen-bond donors (Lipinski definition) is 0. The molecule has 0 saturated carbocycles. The van der Waals surface area contributed by atoms with Gasteiger partial charge in [0.1, 0.15) is 6.54 Å². The first-order valence-corrected chi connectivity index (χ1v) is 9.07. The quantitative estimate of drug-likeness (QED) is 0.778. The molecule has 2 saturated heterocycles. The molecule has 0 N–H and O–H groups in total. The molecule has 1 amide bonds. The van der Waals surface area contributed by atoms with Gasteiger partial charge in [-0.2, -0.15) is 4.98 Å². The van der Waals surface area contributed by atoms with Crippen LogP contribution in [0.4, 0.5) is 0 Å². The van der Waals surface area contributed by atoms with Crippen molar-refractivity contribution >= 4 is 5.91 Å². The van der Waals surface area contributed by atoms with Crippen LogP contribution in [0.25, 0.3) is 0 Å². The maximum atomic E-state index is 12.9. The van der Waals surface area contributed by atoms with E-state index < -0.39 is 0 Å². The van der Waals surface area contributed by atoms with Gasteiger partial charge in [-0.05, 0) is 52.3 Å². The summed E-state index contributed by atoms with van der Waals surface area (Å²) in [7, 11) is 1.70. The number of carbonyl (C=O) groups excluding carboxylic acids is 1. The van der Waals surface area contributed by atoms with Crippen LogP contribution >= 0.6 is 0 Å². The Bertz CT molecular complexity index is 681. The zero-order chi connectivity index (χ0) is 18.0. The zero-order valence-corrected chi connectivity index (χ0v) is 15.4. The maximum absolute atomic E-state index is 12.9. The molecular weight excluding hydrogens is 320 g/mol. The lowest BCUT2D eigenvalue weighted by molar-refractivity contribution is -0.133. The maximum Gasteiger partial charge on any atom is 0.348 e. The van der Waals surface area contributed by atoms with E-state index in [2.05, 4.69) is 9.88 Å². The molecule has 7 heteroatoms. The van der Waals surface area contributed by atoms with Gasteiger partial charge in [-0.1, -0.05) is 0 Å². The van der Waals surface area contributed by atoms with Crippen molar-refractivity contribution in [3.8, 4) is 0 Å². The van der Waals surface area contributed by atoms with Crippen LogP contribution in [0.1, 0.15) is 30.7 Å². The van der Waals surface area contributed by atoms with Crippen LogP contribution in [-0.2, 0) is 16.1 Å². The monoisotopic (exact) mass is 348 g/mol. The Morgan fingerprint density at radius 2 is 2.04 bits per heavy atom. The summed E-state index contributed by atoms with van der Waals surface area (Å²) < 4.78 is 6.97. The Morgan fingerprint density at radius 3 is 2.68 bits per heavy atom. The molecule has 2 aliphatic heterocycles. The molecule has 3 heterocycles. The van der Waals surface area contributed by atoms with E-state index in [4.69, 9.17) is 4.74 Å². The number of aromatic nitrogens is 2. The minimum atomic E-state index is -0.357. The fourth-order valence-electron chi connectivity index (χ4n) is 3.98. The molecule has 0 unspecified atom stereocenters. The Kier molecular flexibility index (Phi) is 5.54. The van der Waals surface area contributed by atoms with Gasteiger partial charge in [0.15, 0.2) is 0 Å². The van der Waals surface area contributed by atoms with Gasteiger partial charge in [-0.3, -0.25) is 9.36 Å². The van der Waals surface area contributed by atoms with Gasteiger partial charge in [0.25, 0.3) is 0 Å². The number of nitrogens with zero attached hydrogens (tertiary/aromatic N) is 4. The predicted molar refractivity (Wildman–Crippen MR) is 94.6 cm³/mol. The lowest BCUT2D eigenvalue weighted by Crippen LogP contribution is -2.45. The molecule has 2 fully saturated rings. The van der Waals surface area contributed by atoms with Gasteiger partial charge < -0.3 is 14.5 Å². The molecule has 25 heavy (non-hydrogen) atoms. The topological polar surface area (TPSA) is 67.7 Å². The Labute approximate surface area is 148 Å². The summed E-state index contributed by atoms with van der Waals surface area (Å²) in [6, 6.07) is 1.99. The van der Waals surface area contributed by atoms with E-state index in [0.717, 1.165) is 31.7 Å². The first-order valence-electron chi connectivity index (χ1n) is 9.07. The normalized spacial score (nSPS) is 24.2. The molecule has 2 aliphatic rings. The molecule has 138 valence electrons. The fraction of sp³-hybridized carbons (Fsp3) is 0.722. The minimum absolute atomic E-state index is 0.0281. The first kappa shape index (κ1) is 18.1. The number of carbonyl (C=O) groups is 1. The summed E-state index contributed by atoms with van der Waals surface area (Å²) in [6.07, 6.45) is 3.40. The molecule has 1 aromatic rings. The van der Waals surface area contributed by atoms with Crippen molar-refractivity contribution in [2.75, 3.05) is 33.3 Å². The van der Waals surface area contributed by atoms with Gasteiger partial charge in [0.2, 0.25) is 5.91 Å². The van der Waals surface area contributed by atoms with E-state index in [1.165, 1.54) is 17.4 Å². The van der Waals surface area contributed by atoms with Crippen LogP contribution < -0.4 is 5.69 Å². The number of hydrogen-bond acceptors (Lipinski definition) is 5. The van der Waals surface area contributed by atoms with Crippen LogP contribution in [0.2, 0.25) is 0 Å². The Morgan fingerprint density at radius 1 is 1.32 bits per heavy atom. The van der Waals surface area contributed by atoms with E-state index in [9.17, 15) is 9.59 Å². The van der Waals surface area contributed by atoms with Crippen molar-refractivity contribution in [2.24, 2.45) is 0 Å². The van der Waals surface area contributed by atoms with E-state index in [-0.39, 0.29) is 30.3 Å². The van der Waals surface area contributed by atoms with Crippen molar-refractivity contribution in [1.82, 2.24) is 19.4 Å². The third-order valence-electron chi connectivity index (χ3n) is 5.34. The summed E-state index contributed by atoms with van der Waals surface area (Å²) in [4.78, 5) is 33.3. The minimum Gasteiger partial charge on any atom is -0.380 e. The summed E-state index contributed by atoms with van der Waals surface area (Å²) in [6.45, 7) is 7.38. The molecule has 0 aliphatic carbocycles. The van der Waals surface area contributed by atoms with Crippen LogP contribution in [0, 0.1) is 13.8 Å². The molecule has 0 bridgehead atoms. The molecule has 2 atom stereocenters. The van der Waals surface area contributed by atoms with Crippen LogP contribution in [-0.4, -0.2) is 70.7 Å². The van der Waals surface area contributed by atoms with Gasteiger partial charge in [-0.25, -0.2) is 4.79 Å². The Hall–Kier alpha value is -1.73. The summed E-state index contributed by atoms with van der Waals surface area (Å²) in [5.74, 6) is -0.0281. The number of aryl methyl sites for hydroxylation is 2. The first-order chi connectivity index (χ1) is 12.0. The second-order valence-electron chi connectivity index (χ2n) is 7.21. The van der Waals surface area contributed by atoms with Crippen molar-refractivity contribution in [3.05, 3.63) is 27.9 Å². The number of ether oxygens (including phenoxy) is 1. The number of amides is 1. The second kappa shape index (κ2) is 7.66. The lowest BCUT2D eigenvalue weighted by Gasteiger charge is -2.28. The van der Waals surface area contributed by atoms with Crippen LogP contribution in [0.15, 0.2) is 10.9 Å². The predicted octanol–water partition coefficient (Wildman–Crippen LogP) is 0.572. The van der Waals surface area contributed by atoms with Gasteiger partial charge >= 0.3 is 5.69 Å². The van der Waals surface area contributed by atoms with Gasteiger partial charge in [0.05, 0.1) is 6.10 Å². The Balaban J connectivity index is 1.73. The summed E-state index contributed by atoms with van der Waals surface area (Å²) in [5.41, 5.74) is 1.09. The van der Waals surface area contributed by atoms with Crippen molar-refractivity contribution in [2.45, 2.75) is 51.8 Å². The highest BCUT2D eigenvalue weighted by molar-refractivity contribution is 5.77. The van der Waals surface area contributed by atoms with Crippen molar-refractivity contribution < 1.29 is 9.53 Å². The molecule has 7 nitrogen and oxygen atoms in total.